The average molecular weight is 361 g/mol. The number of anilines is 1. The van der Waals surface area contributed by atoms with Gasteiger partial charge in [0.2, 0.25) is 5.95 Å². The highest BCUT2D eigenvalue weighted by Gasteiger charge is 2.27. The Morgan fingerprint density at radius 1 is 1.32 bits per heavy atom. The first-order valence-corrected chi connectivity index (χ1v) is 8.62. The lowest BCUT2D eigenvalue weighted by Crippen LogP contribution is -2.42. The Morgan fingerprint density at radius 2 is 2.04 bits per heavy atom. The van der Waals surface area contributed by atoms with Crippen LogP contribution in [-0.4, -0.2) is 40.5 Å². The number of halogens is 1. The molecule has 6 nitrogen and oxygen atoms in total. The number of ether oxygens (including phenoxy) is 1. The summed E-state index contributed by atoms with van der Waals surface area (Å²) in [5.74, 6) is 0.138. The Morgan fingerprint density at radius 3 is 2.72 bits per heavy atom. The summed E-state index contributed by atoms with van der Waals surface area (Å²) in [6.07, 6.45) is -0.182. The summed E-state index contributed by atoms with van der Waals surface area (Å²) in [5.41, 5.74) is 7.85. The van der Waals surface area contributed by atoms with Crippen molar-refractivity contribution in [3.63, 3.8) is 0 Å². The monoisotopic (exact) mass is 360 g/mol. The van der Waals surface area contributed by atoms with Gasteiger partial charge in [-0.1, -0.05) is 37.6 Å². The van der Waals surface area contributed by atoms with E-state index in [1.54, 1.807) is 11.0 Å². The first kappa shape index (κ1) is 17.6. The van der Waals surface area contributed by atoms with Crippen molar-refractivity contribution in [2.45, 2.75) is 25.9 Å². The minimum Gasteiger partial charge on any atom is -0.370 e. The fraction of sp³-hybridized carbons (Fsp3) is 0.389. The predicted molar refractivity (Wildman–Crippen MR) is 96.6 cm³/mol. The summed E-state index contributed by atoms with van der Waals surface area (Å²) < 4.78 is 5.81. The summed E-state index contributed by atoms with van der Waals surface area (Å²) in [5, 5.41) is 0.671. The summed E-state index contributed by atoms with van der Waals surface area (Å²) in [6.45, 7) is 5.45. The molecule has 1 atom stereocenters. The van der Waals surface area contributed by atoms with E-state index < -0.39 is 0 Å². The highest BCUT2D eigenvalue weighted by atomic mass is 35.5. The van der Waals surface area contributed by atoms with Gasteiger partial charge in [-0.25, -0.2) is 9.97 Å². The summed E-state index contributed by atoms with van der Waals surface area (Å²) in [4.78, 5) is 22.9. The second kappa shape index (κ2) is 7.37. The number of hydrogen-bond donors (Lipinski definition) is 1. The summed E-state index contributed by atoms with van der Waals surface area (Å²) >= 11 is 5.93. The molecule has 1 fully saturated rings. The third-order valence-electron chi connectivity index (χ3n) is 4.17. The van der Waals surface area contributed by atoms with E-state index in [0.29, 0.717) is 30.4 Å². The van der Waals surface area contributed by atoms with Crippen LogP contribution in [0.15, 0.2) is 30.3 Å². The molecule has 0 bridgehead atoms. The second-order valence-corrected chi connectivity index (χ2v) is 6.79. The van der Waals surface area contributed by atoms with Gasteiger partial charge in [-0.2, -0.15) is 0 Å². The van der Waals surface area contributed by atoms with Crippen LogP contribution in [-0.2, 0) is 4.74 Å². The molecule has 0 radical (unpaired) electrons. The van der Waals surface area contributed by atoms with Crippen LogP contribution in [0.4, 0.5) is 5.95 Å². The smallest absolute Gasteiger partial charge is 0.272 e. The zero-order valence-electron chi connectivity index (χ0n) is 14.3. The number of nitrogen functional groups attached to an aromatic ring is 1. The Hall–Kier alpha value is -2.18. The van der Waals surface area contributed by atoms with Gasteiger partial charge in [-0.15, -0.1) is 0 Å². The highest BCUT2D eigenvalue weighted by molar-refractivity contribution is 6.30. The number of aromatic nitrogens is 2. The molecule has 1 aliphatic heterocycles. The third kappa shape index (κ3) is 4.08. The van der Waals surface area contributed by atoms with Crippen LogP contribution in [0.25, 0.3) is 0 Å². The van der Waals surface area contributed by atoms with Crippen LogP contribution in [0.2, 0.25) is 5.02 Å². The zero-order chi connectivity index (χ0) is 18.0. The van der Waals surface area contributed by atoms with Gasteiger partial charge in [-0.05, 0) is 29.7 Å². The normalized spacial score (nSPS) is 17.8. The van der Waals surface area contributed by atoms with Gasteiger partial charge in [-0.3, -0.25) is 4.79 Å². The molecule has 1 saturated heterocycles. The molecule has 0 spiro atoms. The van der Waals surface area contributed by atoms with Crippen molar-refractivity contribution in [1.82, 2.24) is 14.9 Å². The molecule has 3 rings (SSSR count). The summed E-state index contributed by atoms with van der Waals surface area (Å²) in [7, 11) is 0. The van der Waals surface area contributed by atoms with Crippen molar-refractivity contribution in [2.24, 2.45) is 0 Å². The maximum absolute atomic E-state index is 12.9. The molecule has 2 N–H and O–H groups in total. The number of nitrogens with zero attached hydrogens (tertiary/aromatic N) is 3. The Labute approximate surface area is 152 Å². The van der Waals surface area contributed by atoms with Gasteiger partial charge >= 0.3 is 0 Å². The van der Waals surface area contributed by atoms with E-state index in [0.717, 1.165) is 11.3 Å². The van der Waals surface area contributed by atoms with Crippen molar-refractivity contribution < 1.29 is 9.53 Å². The maximum atomic E-state index is 12.9. The maximum Gasteiger partial charge on any atom is 0.272 e. The van der Waals surface area contributed by atoms with Gasteiger partial charge in [0.05, 0.1) is 13.2 Å². The average Bonchev–Trinajstić information content (AvgIpc) is 2.61. The van der Waals surface area contributed by atoms with Crippen molar-refractivity contribution >= 4 is 23.5 Å². The Bertz CT molecular complexity index is 764. The first-order valence-electron chi connectivity index (χ1n) is 8.25. The molecule has 2 heterocycles. The quantitative estimate of drug-likeness (QED) is 0.909. The van der Waals surface area contributed by atoms with Gasteiger partial charge < -0.3 is 15.4 Å². The number of morpholine rings is 1. The molecule has 1 aromatic carbocycles. The van der Waals surface area contributed by atoms with Crippen LogP contribution < -0.4 is 5.73 Å². The van der Waals surface area contributed by atoms with Crippen LogP contribution in [0.3, 0.4) is 0 Å². The lowest BCUT2D eigenvalue weighted by Gasteiger charge is -2.33. The lowest BCUT2D eigenvalue weighted by molar-refractivity contribution is -0.0230. The number of carbonyl (C=O) groups is 1. The van der Waals surface area contributed by atoms with E-state index in [1.807, 2.05) is 38.1 Å². The van der Waals surface area contributed by atoms with E-state index in [4.69, 9.17) is 22.1 Å². The molecule has 0 saturated carbocycles. The van der Waals surface area contributed by atoms with Crippen LogP contribution in [0.5, 0.6) is 0 Å². The number of rotatable bonds is 3. The minimum atomic E-state index is -0.182. The molecule has 25 heavy (non-hydrogen) atoms. The van der Waals surface area contributed by atoms with E-state index >= 15 is 0 Å². The fourth-order valence-electron chi connectivity index (χ4n) is 2.77. The zero-order valence-corrected chi connectivity index (χ0v) is 15.0. The van der Waals surface area contributed by atoms with Crippen LogP contribution in [0, 0.1) is 0 Å². The Kier molecular flexibility index (Phi) is 5.20. The molecular formula is C18H21ClN4O2. The van der Waals surface area contributed by atoms with Crippen molar-refractivity contribution in [3.05, 3.63) is 52.3 Å². The predicted octanol–water partition coefficient (Wildman–Crippen LogP) is 3.05. The van der Waals surface area contributed by atoms with E-state index in [1.165, 1.54) is 0 Å². The number of benzene rings is 1. The lowest BCUT2D eigenvalue weighted by atomic mass is 10.1. The fourth-order valence-corrected chi connectivity index (χ4v) is 2.89. The molecule has 1 aliphatic rings. The van der Waals surface area contributed by atoms with Crippen molar-refractivity contribution in [2.75, 3.05) is 25.4 Å². The van der Waals surface area contributed by atoms with Gasteiger partial charge in [0, 0.05) is 17.3 Å². The molecule has 132 valence electrons. The third-order valence-corrected chi connectivity index (χ3v) is 4.42. The minimum absolute atomic E-state index is 0.122. The second-order valence-electron chi connectivity index (χ2n) is 6.35. The number of hydrogen-bond acceptors (Lipinski definition) is 5. The standard InChI is InChI=1S/C18H21ClN4O2/c1-11(2)14-9-15(22-18(20)21-14)17(24)23-7-8-25-16(10-23)12-3-5-13(19)6-4-12/h3-6,9,11,16H,7-8,10H2,1-2H3,(H2,20,21,22). The van der Waals surface area contributed by atoms with Crippen molar-refractivity contribution in [1.29, 1.82) is 0 Å². The van der Waals surface area contributed by atoms with Gasteiger partial charge in [0.1, 0.15) is 11.8 Å². The Balaban J connectivity index is 1.79. The van der Waals surface area contributed by atoms with Gasteiger partial charge in [0.25, 0.3) is 5.91 Å². The number of carbonyl (C=O) groups excluding carboxylic acids is 1. The molecule has 7 heteroatoms. The van der Waals surface area contributed by atoms with Gasteiger partial charge in [0.15, 0.2) is 0 Å². The van der Waals surface area contributed by atoms with Crippen LogP contribution >= 0.6 is 11.6 Å². The molecule has 0 aliphatic carbocycles. The number of nitrogens with two attached hydrogens (primary N) is 1. The molecule has 2 aromatic rings. The van der Waals surface area contributed by atoms with E-state index in [2.05, 4.69) is 9.97 Å². The summed E-state index contributed by atoms with van der Waals surface area (Å²) in [6, 6.07) is 9.19. The first-order chi connectivity index (χ1) is 11.9. The van der Waals surface area contributed by atoms with Crippen LogP contribution in [0.1, 0.15) is 47.6 Å². The molecule has 1 unspecified atom stereocenters. The molecular weight excluding hydrogens is 340 g/mol. The molecule has 1 aromatic heterocycles. The largest absolute Gasteiger partial charge is 0.370 e. The van der Waals surface area contributed by atoms with E-state index in [9.17, 15) is 4.79 Å². The highest BCUT2D eigenvalue weighted by Crippen LogP contribution is 2.25. The topological polar surface area (TPSA) is 81.3 Å². The van der Waals surface area contributed by atoms with Crippen molar-refractivity contribution in [3.8, 4) is 0 Å². The molecule has 1 amide bonds. The SMILES string of the molecule is CC(C)c1cc(C(=O)N2CCOC(c3ccc(Cl)cc3)C2)nc(N)n1. The van der Waals surface area contributed by atoms with E-state index in [-0.39, 0.29) is 23.9 Å². The number of amides is 1.